The molecule has 194 valence electrons. The van der Waals surface area contributed by atoms with E-state index in [-0.39, 0.29) is 52.0 Å². The summed E-state index contributed by atoms with van der Waals surface area (Å²) in [5.41, 5.74) is 2.34. The van der Waals surface area contributed by atoms with Crippen molar-refractivity contribution in [3.05, 3.63) is 23.3 Å². The molecule has 2 saturated carbocycles. The van der Waals surface area contributed by atoms with E-state index >= 15 is 0 Å². The van der Waals surface area contributed by atoms with Crippen LogP contribution >= 0.6 is 0 Å². The van der Waals surface area contributed by atoms with Gasteiger partial charge in [-0.05, 0) is 80.1 Å². The number of carbonyl (C=O) groups excluding carboxylic acids is 3. The van der Waals surface area contributed by atoms with Crippen molar-refractivity contribution in [3.63, 3.8) is 0 Å². The normalized spacial score (nSPS) is 40.5. The molecule has 0 amide bonds. The highest BCUT2D eigenvalue weighted by Gasteiger charge is 2.61. The maximum atomic E-state index is 13.9. The highest BCUT2D eigenvalue weighted by atomic mass is 16.5. The van der Waals surface area contributed by atoms with E-state index in [0.717, 1.165) is 48.8 Å². The number of methoxy groups -OCH3 is 1. The summed E-state index contributed by atoms with van der Waals surface area (Å²) in [5.74, 6) is 0.864. The van der Waals surface area contributed by atoms with Crippen LogP contribution in [0.15, 0.2) is 23.3 Å². The molecule has 4 aliphatic rings. The van der Waals surface area contributed by atoms with Gasteiger partial charge in [-0.2, -0.15) is 0 Å². The predicted octanol–water partition coefficient (Wildman–Crippen LogP) is 5.46. The molecule has 2 fully saturated rings. The van der Waals surface area contributed by atoms with Gasteiger partial charge >= 0.3 is 5.97 Å². The van der Waals surface area contributed by atoms with Gasteiger partial charge in [-0.15, -0.1) is 0 Å². The Labute approximate surface area is 210 Å². The lowest BCUT2D eigenvalue weighted by Gasteiger charge is -2.55. The minimum Gasteiger partial charge on any atom is -0.469 e. The Morgan fingerprint density at radius 2 is 1.91 bits per heavy atom. The van der Waals surface area contributed by atoms with Crippen LogP contribution in [0.2, 0.25) is 0 Å². The second kappa shape index (κ2) is 9.28. The molecule has 0 heterocycles. The van der Waals surface area contributed by atoms with Gasteiger partial charge in [0.25, 0.3) is 0 Å². The van der Waals surface area contributed by atoms with Crippen molar-refractivity contribution >= 4 is 17.5 Å². The van der Waals surface area contributed by atoms with Gasteiger partial charge in [-0.25, -0.2) is 0 Å². The molecule has 0 radical (unpaired) electrons. The van der Waals surface area contributed by atoms with Crippen LogP contribution in [-0.2, 0) is 19.1 Å². The maximum Gasteiger partial charge on any atom is 0.312 e. The van der Waals surface area contributed by atoms with Crippen molar-refractivity contribution < 1.29 is 24.2 Å². The van der Waals surface area contributed by atoms with Crippen LogP contribution in [0.25, 0.3) is 0 Å². The molecule has 0 spiro atoms. The standard InChI is InChI=1S/C30H44O5/c1-16(18(3)28(34)35-7)8-9-17(2)20-10-11-21-26-24(32)14-22-19(4)23(31)12-13-29(22,5)27(26)25(33)15-30(20,21)6/h17-22,24,32H,1,8-15H2,2-7H3/t17-,18?,19+,20-,21+,22?,24+,29+,30-/m1/s1. The molecule has 0 aliphatic heterocycles. The number of aliphatic hydroxyl groups excluding tert-OH is 1. The first-order valence-electron chi connectivity index (χ1n) is 13.6. The van der Waals surface area contributed by atoms with Crippen molar-refractivity contribution in [1.82, 2.24) is 0 Å². The monoisotopic (exact) mass is 484 g/mol. The minimum atomic E-state index is -0.625. The van der Waals surface area contributed by atoms with Crippen LogP contribution in [0.5, 0.6) is 0 Å². The average Bonchev–Trinajstić information content (AvgIpc) is 3.16. The second-order valence-electron chi connectivity index (χ2n) is 12.6. The van der Waals surface area contributed by atoms with E-state index in [4.69, 9.17) is 4.74 Å². The van der Waals surface area contributed by atoms with E-state index in [2.05, 4.69) is 27.4 Å². The van der Waals surface area contributed by atoms with Crippen molar-refractivity contribution in [2.75, 3.05) is 7.11 Å². The molecule has 35 heavy (non-hydrogen) atoms. The Kier molecular flexibility index (Phi) is 6.98. The third kappa shape index (κ3) is 4.06. The smallest absolute Gasteiger partial charge is 0.312 e. The summed E-state index contributed by atoms with van der Waals surface area (Å²) < 4.78 is 4.87. The van der Waals surface area contributed by atoms with Crippen LogP contribution in [0.4, 0.5) is 0 Å². The number of rotatable bonds is 6. The number of ether oxygens (including phenoxy) is 1. The molecular weight excluding hydrogens is 440 g/mol. The molecule has 0 aromatic heterocycles. The van der Waals surface area contributed by atoms with E-state index in [0.29, 0.717) is 31.1 Å². The third-order valence-electron chi connectivity index (χ3n) is 10.9. The zero-order chi connectivity index (χ0) is 25.9. The molecule has 0 aromatic carbocycles. The quantitative estimate of drug-likeness (QED) is 0.400. The Morgan fingerprint density at radius 3 is 2.57 bits per heavy atom. The number of fused-ring (bicyclic) bond motifs is 4. The fourth-order valence-corrected chi connectivity index (χ4v) is 8.67. The first-order chi connectivity index (χ1) is 16.4. The number of allylic oxidation sites excluding steroid dienone is 1. The summed E-state index contributed by atoms with van der Waals surface area (Å²) in [6.07, 6.45) is 5.50. The molecule has 2 unspecified atom stereocenters. The van der Waals surface area contributed by atoms with Crippen LogP contribution in [0.1, 0.15) is 86.0 Å². The molecular formula is C30H44O5. The summed E-state index contributed by atoms with van der Waals surface area (Å²) in [7, 11) is 1.41. The number of ketones is 2. The second-order valence-corrected chi connectivity index (χ2v) is 12.6. The number of hydrogen-bond acceptors (Lipinski definition) is 5. The Hall–Kier alpha value is -1.75. The third-order valence-corrected chi connectivity index (χ3v) is 10.9. The minimum absolute atomic E-state index is 0.0461. The summed E-state index contributed by atoms with van der Waals surface area (Å²) in [4.78, 5) is 38.3. The zero-order valence-corrected chi connectivity index (χ0v) is 22.5. The van der Waals surface area contributed by atoms with Gasteiger partial charge < -0.3 is 9.84 Å². The number of hydrogen-bond donors (Lipinski definition) is 1. The molecule has 4 rings (SSSR count). The van der Waals surface area contributed by atoms with Gasteiger partial charge in [-0.1, -0.05) is 39.8 Å². The fourth-order valence-electron chi connectivity index (χ4n) is 8.67. The van der Waals surface area contributed by atoms with Crippen molar-refractivity contribution in [2.45, 2.75) is 92.1 Å². The van der Waals surface area contributed by atoms with Crippen LogP contribution in [0, 0.1) is 46.3 Å². The zero-order valence-electron chi connectivity index (χ0n) is 22.5. The maximum absolute atomic E-state index is 13.9. The van der Waals surface area contributed by atoms with E-state index in [1.807, 2.05) is 13.8 Å². The Morgan fingerprint density at radius 1 is 1.23 bits per heavy atom. The molecule has 4 aliphatic carbocycles. The Bertz CT molecular complexity index is 962. The fraction of sp³-hybridized carbons (Fsp3) is 0.767. The largest absolute Gasteiger partial charge is 0.469 e. The van der Waals surface area contributed by atoms with Crippen molar-refractivity contribution in [2.24, 2.45) is 46.3 Å². The summed E-state index contributed by atoms with van der Waals surface area (Å²) >= 11 is 0. The molecule has 0 aromatic rings. The lowest BCUT2D eigenvalue weighted by atomic mass is 9.48. The highest BCUT2D eigenvalue weighted by molar-refractivity contribution is 6.00. The lowest BCUT2D eigenvalue weighted by Crippen LogP contribution is -2.54. The van der Waals surface area contributed by atoms with Crippen LogP contribution < -0.4 is 0 Å². The van der Waals surface area contributed by atoms with E-state index < -0.39 is 6.10 Å². The molecule has 5 nitrogen and oxygen atoms in total. The van der Waals surface area contributed by atoms with Gasteiger partial charge in [0.15, 0.2) is 5.78 Å². The van der Waals surface area contributed by atoms with E-state index in [9.17, 15) is 19.5 Å². The molecule has 9 atom stereocenters. The van der Waals surface area contributed by atoms with Gasteiger partial charge in [-0.3, -0.25) is 14.4 Å². The molecule has 0 bridgehead atoms. The van der Waals surface area contributed by atoms with Crippen LogP contribution in [0.3, 0.4) is 0 Å². The average molecular weight is 485 g/mol. The number of carbonyl (C=O) groups is 3. The van der Waals surface area contributed by atoms with Gasteiger partial charge in [0, 0.05) is 29.7 Å². The Balaban J connectivity index is 1.58. The summed E-state index contributed by atoms with van der Waals surface area (Å²) in [5, 5.41) is 11.4. The molecule has 5 heteroatoms. The number of aliphatic hydroxyl groups is 1. The van der Waals surface area contributed by atoms with Gasteiger partial charge in [0.2, 0.25) is 0 Å². The molecule has 1 N–H and O–H groups in total. The van der Waals surface area contributed by atoms with E-state index in [1.165, 1.54) is 7.11 Å². The van der Waals surface area contributed by atoms with E-state index in [1.54, 1.807) is 0 Å². The predicted molar refractivity (Wildman–Crippen MR) is 135 cm³/mol. The van der Waals surface area contributed by atoms with Gasteiger partial charge in [0.05, 0.1) is 19.1 Å². The van der Waals surface area contributed by atoms with Crippen molar-refractivity contribution in [3.8, 4) is 0 Å². The topological polar surface area (TPSA) is 80.7 Å². The number of Topliss-reactive ketones (excluding diaryl/α,β-unsaturated/α-hetero) is 2. The SMILES string of the molecule is C=C(CC[C@@H](C)[C@H]1CC[C@H]2C3=C(C(=O)C[C@]12C)[C@@]1(C)CCC(=O)[C@@H](C)C1C[C@@H]3O)C(C)C(=O)OC. The first kappa shape index (κ1) is 26.3. The molecule has 0 saturated heterocycles. The van der Waals surface area contributed by atoms with Crippen LogP contribution in [-0.4, -0.2) is 35.9 Å². The first-order valence-corrected chi connectivity index (χ1v) is 13.6. The highest BCUT2D eigenvalue weighted by Crippen LogP contribution is 2.65. The summed E-state index contributed by atoms with van der Waals surface area (Å²) in [6.45, 7) is 14.7. The lowest BCUT2D eigenvalue weighted by molar-refractivity contribution is -0.143. The summed E-state index contributed by atoms with van der Waals surface area (Å²) in [6, 6.07) is 0. The number of esters is 1. The van der Waals surface area contributed by atoms with Gasteiger partial charge in [0.1, 0.15) is 5.78 Å². The van der Waals surface area contributed by atoms with Crippen molar-refractivity contribution in [1.29, 1.82) is 0 Å².